The van der Waals surface area contributed by atoms with Crippen LogP contribution in [0.2, 0.25) is 10.0 Å². The number of rotatable bonds is 7. The summed E-state index contributed by atoms with van der Waals surface area (Å²) in [6.45, 7) is 1.78. The summed E-state index contributed by atoms with van der Waals surface area (Å²) >= 11 is 11.8. The smallest absolute Gasteiger partial charge is 0.257 e. The Morgan fingerprint density at radius 3 is 2.42 bits per heavy atom. The van der Waals surface area contributed by atoms with Crippen molar-refractivity contribution >= 4 is 41.1 Å². The molecule has 3 N–H and O–H groups in total. The van der Waals surface area contributed by atoms with Crippen molar-refractivity contribution in [2.24, 2.45) is 0 Å². The maximum absolute atomic E-state index is 12.1. The zero-order valence-electron chi connectivity index (χ0n) is 14.2. The largest absolute Gasteiger partial charge is 0.343 e. The van der Waals surface area contributed by atoms with Crippen LogP contribution in [-0.2, 0) is 4.79 Å². The van der Waals surface area contributed by atoms with Crippen LogP contribution < -0.4 is 16.2 Å². The molecule has 0 atom stereocenters. The highest BCUT2D eigenvalue weighted by Gasteiger charge is 2.12. The van der Waals surface area contributed by atoms with Crippen LogP contribution in [0.15, 0.2) is 54.2 Å². The van der Waals surface area contributed by atoms with Crippen molar-refractivity contribution in [1.82, 2.24) is 16.2 Å². The molecule has 0 saturated heterocycles. The number of halogens is 2. The van der Waals surface area contributed by atoms with E-state index in [-0.39, 0.29) is 23.0 Å². The quantitative estimate of drug-likeness (QED) is 0.628. The zero-order chi connectivity index (χ0) is 18.9. The Labute approximate surface area is 162 Å². The highest BCUT2D eigenvalue weighted by atomic mass is 35.5. The predicted octanol–water partition coefficient (Wildman–Crippen LogP) is 3.80. The second-order valence-electron chi connectivity index (χ2n) is 5.41. The van der Waals surface area contributed by atoms with Crippen molar-refractivity contribution in [3.63, 3.8) is 0 Å². The Morgan fingerprint density at radius 1 is 1.04 bits per heavy atom. The molecule has 0 spiro atoms. The van der Waals surface area contributed by atoms with Crippen LogP contribution in [0.5, 0.6) is 0 Å². The van der Waals surface area contributed by atoms with Gasteiger partial charge in [0.15, 0.2) is 0 Å². The lowest BCUT2D eigenvalue weighted by atomic mass is 10.2. The number of nitrogens with one attached hydrogen (secondary N) is 3. The first-order valence-corrected chi connectivity index (χ1v) is 8.79. The maximum atomic E-state index is 12.1. The summed E-state index contributed by atoms with van der Waals surface area (Å²) in [7, 11) is 0. The molecule has 0 aliphatic heterocycles. The number of allylic oxidation sites excluding steroid dienone is 1. The molecule has 0 unspecified atom stereocenters. The molecule has 0 radical (unpaired) electrons. The maximum Gasteiger partial charge on any atom is 0.257 e. The Hall–Kier alpha value is -2.50. The molecule has 0 fully saturated rings. The fourth-order valence-corrected chi connectivity index (χ4v) is 2.59. The molecular weight excluding hydrogens is 373 g/mol. The molecule has 0 bridgehead atoms. The summed E-state index contributed by atoms with van der Waals surface area (Å²) in [4.78, 5) is 24.0. The number of hydrogen-bond acceptors (Lipinski definition) is 3. The number of amides is 2. The van der Waals surface area contributed by atoms with Gasteiger partial charge in [-0.1, -0.05) is 60.5 Å². The van der Waals surface area contributed by atoms with E-state index >= 15 is 0 Å². The second-order valence-corrected chi connectivity index (χ2v) is 6.26. The molecule has 2 amide bonds. The third kappa shape index (κ3) is 6.10. The van der Waals surface area contributed by atoms with Gasteiger partial charge in [0.1, 0.15) is 0 Å². The zero-order valence-corrected chi connectivity index (χ0v) is 15.7. The number of benzene rings is 2. The lowest BCUT2D eigenvalue weighted by Crippen LogP contribution is -2.43. The monoisotopic (exact) mass is 391 g/mol. The fraction of sp³-hybridized carbons (Fsp3) is 0.158. The van der Waals surface area contributed by atoms with Gasteiger partial charge in [0, 0.05) is 10.7 Å². The van der Waals surface area contributed by atoms with Gasteiger partial charge in [-0.05, 0) is 36.3 Å². The van der Waals surface area contributed by atoms with Crippen molar-refractivity contribution in [2.45, 2.75) is 13.3 Å². The summed E-state index contributed by atoms with van der Waals surface area (Å²) < 4.78 is 0. The topological polar surface area (TPSA) is 70.2 Å². The number of hydrazine groups is 1. The molecule has 7 heteroatoms. The Balaban J connectivity index is 1.84. The van der Waals surface area contributed by atoms with Crippen LogP contribution in [0.1, 0.15) is 29.3 Å². The molecule has 5 nitrogen and oxygen atoms in total. The summed E-state index contributed by atoms with van der Waals surface area (Å²) in [5, 5.41) is 3.18. The van der Waals surface area contributed by atoms with E-state index in [9.17, 15) is 9.59 Å². The average Bonchev–Trinajstić information content (AvgIpc) is 2.64. The fourth-order valence-electron chi connectivity index (χ4n) is 2.10. The van der Waals surface area contributed by atoms with E-state index in [2.05, 4.69) is 16.2 Å². The van der Waals surface area contributed by atoms with Crippen LogP contribution in [0, 0.1) is 0 Å². The Kier molecular flexibility index (Phi) is 7.51. The molecule has 2 aromatic rings. The molecule has 2 aromatic carbocycles. The van der Waals surface area contributed by atoms with Crippen LogP contribution in [0.3, 0.4) is 0 Å². The minimum atomic E-state index is -0.447. The van der Waals surface area contributed by atoms with Crippen LogP contribution in [0.4, 0.5) is 0 Å². The van der Waals surface area contributed by atoms with Gasteiger partial charge in [0.25, 0.3) is 11.8 Å². The van der Waals surface area contributed by atoms with Crippen LogP contribution >= 0.6 is 23.2 Å². The normalized spacial score (nSPS) is 11.0. The molecule has 26 heavy (non-hydrogen) atoms. The van der Waals surface area contributed by atoms with E-state index in [1.54, 1.807) is 6.07 Å². The van der Waals surface area contributed by atoms with Crippen LogP contribution in [-0.4, -0.2) is 18.4 Å². The Bertz CT molecular complexity index is 808. The molecule has 0 aliphatic carbocycles. The van der Waals surface area contributed by atoms with E-state index in [1.807, 2.05) is 43.3 Å². The van der Waals surface area contributed by atoms with Crippen molar-refractivity contribution < 1.29 is 9.59 Å². The van der Waals surface area contributed by atoms with Gasteiger partial charge in [-0.15, -0.1) is 0 Å². The predicted molar refractivity (Wildman–Crippen MR) is 105 cm³/mol. The lowest BCUT2D eigenvalue weighted by Gasteiger charge is -2.12. The van der Waals surface area contributed by atoms with Crippen molar-refractivity contribution in [3.8, 4) is 0 Å². The first kappa shape index (κ1) is 19.8. The first-order chi connectivity index (χ1) is 12.5. The molecular formula is C19H19Cl2N3O2. The van der Waals surface area contributed by atoms with E-state index in [1.165, 1.54) is 12.1 Å². The third-order valence-corrected chi connectivity index (χ3v) is 4.02. The minimum Gasteiger partial charge on any atom is -0.343 e. The lowest BCUT2D eigenvalue weighted by molar-refractivity contribution is -0.120. The van der Waals surface area contributed by atoms with Gasteiger partial charge in [0.2, 0.25) is 0 Å². The van der Waals surface area contributed by atoms with Gasteiger partial charge in [-0.25, -0.2) is 0 Å². The molecule has 0 aliphatic rings. The summed E-state index contributed by atoms with van der Waals surface area (Å²) in [5.74, 6) is -0.826. The van der Waals surface area contributed by atoms with Crippen molar-refractivity contribution in [2.75, 3.05) is 6.54 Å². The van der Waals surface area contributed by atoms with Gasteiger partial charge in [-0.3, -0.25) is 15.0 Å². The minimum absolute atomic E-state index is 0.187. The van der Waals surface area contributed by atoms with Crippen molar-refractivity contribution in [3.05, 3.63) is 75.4 Å². The second kappa shape index (κ2) is 9.85. The first-order valence-electron chi connectivity index (χ1n) is 8.03. The highest BCUT2D eigenvalue weighted by molar-refractivity contribution is 6.36. The van der Waals surface area contributed by atoms with E-state index in [4.69, 9.17) is 23.2 Å². The molecule has 2 rings (SSSR count). The van der Waals surface area contributed by atoms with E-state index in [0.29, 0.717) is 11.4 Å². The third-order valence-electron chi connectivity index (χ3n) is 3.47. The number of carbonyl (C=O) groups excluding carboxylic acids is 2. The van der Waals surface area contributed by atoms with E-state index < -0.39 is 5.91 Å². The van der Waals surface area contributed by atoms with Gasteiger partial charge >= 0.3 is 0 Å². The van der Waals surface area contributed by atoms with Gasteiger partial charge < -0.3 is 10.7 Å². The van der Waals surface area contributed by atoms with Crippen LogP contribution in [0.25, 0.3) is 6.08 Å². The average molecular weight is 392 g/mol. The Morgan fingerprint density at radius 2 is 1.77 bits per heavy atom. The van der Waals surface area contributed by atoms with Gasteiger partial charge in [-0.2, -0.15) is 0 Å². The van der Waals surface area contributed by atoms with Gasteiger partial charge in [0.05, 0.1) is 17.1 Å². The number of carbonyl (C=O) groups is 2. The van der Waals surface area contributed by atoms with Crippen molar-refractivity contribution in [1.29, 1.82) is 0 Å². The number of hydrogen-bond donors (Lipinski definition) is 3. The highest BCUT2D eigenvalue weighted by Crippen LogP contribution is 2.20. The standard InChI is InChI=1S/C19H19Cl2N3O2/c1-2-15(10-13-6-4-3-5-7-13)23-24-18(25)12-22-19(26)16-9-8-14(20)11-17(16)21/h3-11,23H,2,12H2,1H3,(H,22,26)(H,24,25)/b15-10+. The summed E-state index contributed by atoms with van der Waals surface area (Å²) in [5.41, 5.74) is 7.55. The molecule has 0 heterocycles. The molecule has 0 saturated carbocycles. The molecule has 136 valence electrons. The summed E-state index contributed by atoms with van der Waals surface area (Å²) in [6.07, 6.45) is 2.65. The molecule has 0 aromatic heterocycles. The summed E-state index contributed by atoms with van der Waals surface area (Å²) in [6, 6.07) is 14.3. The SMILES string of the molecule is CC/C(=C\c1ccccc1)NNC(=O)CNC(=O)c1ccc(Cl)cc1Cl. The van der Waals surface area contributed by atoms with E-state index in [0.717, 1.165) is 11.3 Å².